The number of fused-ring (bicyclic) bond motifs is 1. The summed E-state index contributed by atoms with van der Waals surface area (Å²) in [6.07, 6.45) is 2.30. The minimum Gasteiger partial charge on any atom is -0.340 e. The van der Waals surface area contributed by atoms with Crippen LogP contribution in [0.3, 0.4) is 0 Å². The van der Waals surface area contributed by atoms with Gasteiger partial charge in [-0.15, -0.1) is 0 Å². The lowest BCUT2D eigenvalue weighted by atomic mass is 9.98. The van der Waals surface area contributed by atoms with E-state index in [9.17, 15) is 0 Å². The number of halogens is 1. The summed E-state index contributed by atoms with van der Waals surface area (Å²) in [5.74, 6) is 0. The van der Waals surface area contributed by atoms with Crippen LogP contribution in [0.25, 0.3) is 0 Å². The molecule has 0 aliphatic carbocycles. The maximum absolute atomic E-state index is 6.51. The zero-order valence-electron chi connectivity index (χ0n) is 12.6. The van der Waals surface area contributed by atoms with Gasteiger partial charge in [0.05, 0.1) is 10.7 Å². The minimum absolute atomic E-state index is 0.00726. The molecular weight excluding hydrogens is 280 g/mol. The van der Waals surface area contributed by atoms with Gasteiger partial charge in [-0.3, -0.25) is 0 Å². The first-order chi connectivity index (χ1) is 10.1. The molecular formula is C18H21ClN2. The molecule has 0 bridgehead atoms. The van der Waals surface area contributed by atoms with Crippen LogP contribution in [-0.4, -0.2) is 6.54 Å². The van der Waals surface area contributed by atoms with Crippen molar-refractivity contribution in [1.29, 1.82) is 0 Å². The van der Waals surface area contributed by atoms with E-state index in [1.54, 1.807) is 0 Å². The number of nitrogens with zero attached hydrogens (tertiary/aromatic N) is 1. The average Bonchev–Trinajstić information content (AvgIpc) is 2.46. The molecule has 2 aromatic carbocycles. The summed E-state index contributed by atoms with van der Waals surface area (Å²) in [6, 6.07) is 12.8. The molecule has 2 nitrogen and oxygen atoms in total. The highest BCUT2D eigenvalue weighted by Crippen LogP contribution is 2.38. The molecule has 1 atom stereocenters. The van der Waals surface area contributed by atoms with Gasteiger partial charge in [-0.05, 0) is 56.0 Å². The fraction of sp³-hybridized carbons (Fsp3) is 0.333. The quantitative estimate of drug-likeness (QED) is 0.867. The molecule has 2 aromatic rings. The Bertz CT molecular complexity index is 664. The van der Waals surface area contributed by atoms with Gasteiger partial charge in [0, 0.05) is 18.3 Å². The first-order valence-corrected chi connectivity index (χ1v) is 7.86. The van der Waals surface area contributed by atoms with Crippen molar-refractivity contribution >= 4 is 23.0 Å². The molecule has 3 heteroatoms. The van der Waals surface area contributed by atoms with E-state index in [2.05, 4.69) is 42.2 Å². The van der Waals surface area contributed by atoms with E-state index in [0.29, 0.717) is 0 Å². The molecule has 0 spiro atoms. The Morgan fingerprint density at radius 1 is 1.14 bits per heavy atom. The monoisotopic (exact) mass is 300 g/mol. The van der Waals surface area contributed by atoms with Crippen molar-refractivity contribution in [3.8, 4) is 0 Å². The maximum atomic E-state index is 6.51. The molecule has 1 unspecified atom stereocenters. The number of nitrogens with two attached hydrogens (primary N) is 1. The van der Waals surface area contributed by atoms with Crippen molar-refractivity contribution in [3.63, 3.8) is 0 Å². The van der Waals surface area contributed by atoms with Crippen molar-refractivity contribution in [1.82, 2.24) is 0 Å². The summed E-state index contributed by atoms with van der Waals surface area (Å²) in [6.45, 7) is 5.13. The van der Waals surface area contributed by atoms with Crippen molar-refractivity contribution in [2.75, 3.05) is 11.4 Å². The summed E-state index contributed by atoms with van der Waals surface area (Å²) in [5.41, 5.74) is 12.1. The smallest absolute Gasteiger partial charge is 0.0646 e. The van der Waals surface area contributed by atoms with Gasteiger partial charge >= 0.3 is 0 Å². The zero-order valence-corrected chi connectivity index (χ0v) is 13.3. The lowest BCUT2D eigenvalue weighted by molar-refractivity contribution is 0.765. The average molecular weight is 301 g/mol. The maximum Gasteiger partial charge on any atom is 0.0646 e. The van der Waals surface area contributed by atoms with Crippen LogP contribution in [0.5, 0.6) is 0 Å². The van der Waals surface area contributed by atoms with Gasteiger partial charge in [-0.2, -0.15) is 0 Å². The third-order valence-corrected chi connectivity index (χ3v) is 4.44. The molecule has 0 aromatic heterocycles. The molecule has 1 aliphatic heterocycles. The highest BCUT2D eigenvalue weighted by Gasteiger charge is 2.20. The number of hydrogen-bond acceptors (Lipinski definition) is 2. The Morgan fingerprint density at radius 3 is 2.62 bits per heavy atom. The highest BCUT2D eigenvalue weighted by molar-refractivity contribution is 6.33. The third kappa shape index (κ3) is 2.78. The van der Waals surface area contributed by atoms with Crippen LogP contribution < -0.4 is 10.6 Å². The molecule has 21 heavy (non-hydrogen) atoms. The minimum atomic E-state index is 0.00726. The number of aryl methyl sites for hydroxylation is 2. The lowest BCUT2D eigenvalue weighted by Crippen LogP contribution is -2.25. The highest BCUT2D eigenvalue weighted by atomic mass is 35.5. The molecule has 0 fully saturated rings. The molecule has 1 heterocycles. The summed E-state index contributed by atoms with van der Waals surface area (Å²) < 4.78 is 0. The largest absolute Gasteiger partial charge is 0.340 e. The molecule has 0 radical (unpaired) electrons. The van der Waals surface area contributed by atoms with Crippen LogP contribution >= 0.6 is 11.6 Å². The van der Waals surface area contributed by atoms with E-state index in [0.717, 1.165) is 35.7 Å². The second kappa shape index (κ2) is 5.70. The van der Waals surface area contributed by atoms with Crippen LogP contribution in [0.2, 0.25) is 5.02 Å². The van der Waals surface area contributed by atoms with Gasteiger partial charge in [-0.25, -0.2) is 0 Å². The Morgan fingerprint density at radius 2 is 1.90 bits per heavy atom. The van der Waals surface area contributed by atoms with Gasteiger partial charge in [0.15, 0.2) is 0 Å². The van der Waals surface area contributed by atoms with Crippen LogP contribution in [0.15, 0.2) is 36.4 Å². The standard InChI is InChI=1S/C18H21ClN2/c1-12-5-7-17-15(10-12)4-3-9-21(17)18-8-6-14(13(2)20)11-16(18)19/h5-8,10-11,13H,3-4,9,20H2,1-2H3. The van der Waals surface area contributed by atoms with Crippen LogP contribution in [-0.2, 0) is 6.42 Å². The molecule has 0 amide bonds. The summed E-state index contributed by atoms with van der Waals surface area (Å²) in [7, 11) is 0. The summed E-state index contributed by atoms with van der Waals surface area (Å²) >= 11 is 6.51. The van der Waals surface area contributed by atoms with Gasteiger partial charge < -0.3 is 10.6 Å². The number of anilines is 2. The fourth-order valence-electron chi connectivity index (χ4n) is 3.00. The fourth-order valence-corrected chi connectivity index (χ4v) is 3.29. The second-order valence-electron chi connectivity index (χ2n) is 5.89. The Hall–Kier alpha value is -1.51. The number of benzene rings is 2. The van der Waals surface area contributed by atoms with Gasteiger partial charge in [0.25, 0.3) is 0 Å². The Labute approximate surface area is 131 Å². The predicted octanol–water partition coefficient (Wildman–Crippen LogP) is 4.75. The summed E-state index contributed by atoms with van der Waals surface area (Å²) in [4.78, 5) is 2.32. The Balaban J connectivity index is 2.03. The van der Waals surface area contributed by atoms with E-state index >= 15 is 0 Å². The summed E-state index contributed by atoms with van der Waals surface area (Å²) in [5, 5.41) is 0.776. The van der Waals surface area contributed by atoms with Crippen molar-refractivity contribution < 1.29 is 0 Å². The normalized spacial score (nSPS) is 15.7. The van der Waals surface area contributed by atoms with Crippen LogP contribution in [0.4, 0.5) is 11.4 Å². The molecule has 0 saturated carbocycles. The second-order valence-corrected chi connectivity index (χ2v) is 6.29. The van der Waals surface area contributed by atoms with Crippen molar-refractivity contribution in [3.05, 3.63) is 58.1 Å². The molecule has 2 N–H and O–H groups in total. The van der Waals surface area contributed by atoms with E-state index in [1.807, 2.05) is 13.0 Å². The molecule has 1 aliphatic rings. The van der Waals surface area contributed by atoms with E-state index in [1.165, 1.54) is 16.8 Å². The van der Waals surface area contributed by atoms with E-state index < -0.39 is 0 Å². The SMILES string of the molecule is Cc1ccc2c(c1)CCCN2c1ccc(C(C)N)cc1Cl. The number of rotatable bonds is 2. The first-order valence-electron chi connectivity index (χ1n) is 7.48. The Kier molecular flexibility index (Phi) is 3.92. The topological polar surface area (TPSA) is 29.3 Å². The van der Waals surface area contributed by atoms with Crippen LogP contribution in [0.1, 0.15) is 36.1 Å². The van der Waals surface area contributed by atoms with Gasteiger partial charge in [0.1, 0.15) is 0 Å². The third-order valence-electron chi connectivity index (χ3n) is 4.14. The van der Waals surface area contributed by atoms with Gasteiger partial charge in [0.2, 0.25) is 0 Å². The number of hydrogen-bond donors (Lipinski definition) is 1. The first kappa shape index (κ1) is 14.4. The lowest BCUT2D eigenvalue weighted by Gasteiger charge is -2.32. The van der Waals surface area contributed by atoms with E-state index in [4.69, 9.17) is 17.3 Å². The predicted molar refractivity (Wildman–Crippen MR) is 90.6 cm³/mol. The molecule has 110 valence electrons. The van der Waals surface area contributed by atoms with Gasteiger partial charge in [-0.1, -0.05) is 35.4 Å². The molecule has 3 rings (SSSR count). The van der Waals surface area contributed by atoms with Crippen molar-refractivity contribution in [2.45, 2.75) is 32.7 Å². The van der Waals surface area contributed by atoms with E-state index in [-0.39, 0.29) is 6.04 Å². The zero-order chi connectivity index (χ0) is 15.0. The molecule has 0 saturated heterocycles. The van der Waals surface area contributed by atoms with Crippen LogP contribution in [0, 0.1) is 6.92 Å². The van der Waals surface area contributed by atoms with Crippen molar-refractivity contribution in [2.24, 2.45) is 5.73 Å².